The Morgan fingerprint density at radius 3 is 2.42 bits per heavy atom. The molecule has 2 aromatic rings. The summed E-state index contributed by atoms with van der Waals surface area (Å²) in [7, 11) is -16.4. The molecule has 8 atom stereocenters. The number of nitrogens with two attached hydrogens (primary N) is 1. The molecule has 1 aliphatic rings. The average molecular weight is 866 g/mol. The van der Waals surface area contributed by atoms with Crippen LogP contribution in [0.3, 0.4) is 0 Å². The Kier molecular flexibility index (Phi) is 16.6. The SMILES string of the molecule is C=CCC(O)C(=O)SCCNC(=O)CCNC(=O)C(O)C(C)(C)COP(=O)(O)OP(=O)(O)OC[C@H]1O[C@@H](n2cnc3c(N)ncnc32)[C@H](O)[C@@H]1OP(=O)(O)O. The summed E-state index contributed by atoms with van der Waals surface area (Å²) in [6.45, 7) is 3.69. The molecule has 29 heteroatoms. The Morgan fingerprint density at radius 1 is 1.09 bits per heavy atom. The van der Waals surface area contributed by atoms with E-state index in [1.807, 2.05) is 0 Å². The number of amides is 2. The van der Waals surface area contributed by atoms with Crippen molar-refractivity contribution in [3.63, 3.8) is 0 Å². The van der Waals surface area contributed by atoms with Crippen LogP contribution in [0.15, 0.2) is 25.3 Å². The standard InChI is InChI=1S/C26H42N7O18P3S/c1-4-5-14(34)25(39)55-9-8-28-16(35)6-7-29-23(38)20(37)26(2,3)11-48-54(45,46)51-53(43,44)47-10-15-19(50-52(40,41)42)18(36)24(49-15)33-13-32-17-21(27)30-12-31-22(17)33/h4,12-15,18-20,24,34,36-37H,1,5-11H2,2-3H3,(H,28,35)(H,29,38)(H,43,44)(H,45,46)(H2,27,30,31)(H2,40,41,42)/t14?,15-,18-,19-,20?,24-/m1/s1. The maximum Gasteiger partial charge on any atom is 0.481 e. The third-order valence-electron chi connectivity index (χ3n) is 7.41. The molecule has 0 radical (unpaired) electrons. The molecule has 0 bridgehead atoms. The second-order valence-corrected chi connectivity index (χ2v) is 17.6. The maximum atomic E-state index is 12.7. The topological polar surface area (TPSA) is 384 Å². The van der Waals surface area contributed by atoms with Gasteiger partial charge in [-0.25, -0.2) is 28.6 Å². The number of aliphatic hydroxyl groups is 3. The summed E-state index contributed by atoms with van der Waals surface area (Å²) in [5.41, 5.74) is 4.22. The van der Waals surface area contributed by atoms with E-state index in [1.165, 1.54) is 19.9 Å². The first-order valence-electron chi connectivity index (χ1n) is 15.8. The fraction of sp³-hybridized carbons (Fsp3) is 0.615. The number of carbonyl (C=O) groups is 3. The molecule has 0 aromatic carbocycles. The zero-order valence-corrected chi connectivity index (χ0v) is 32.6. The number of thioether (sulfide) groups is 1. The highest BCUT2D eigenvalue weighted by Gasteiger charge is 2.50. The average Bonchev–Trinajstić information content (AvgIpc) is 3.64. The number of fused-ring (bicyclic) bond motifs is 1. The van der Waals surface area contributed by atoms with Crippen molar-refractivity contribution < 1.29 is 85.6 Å². The number of rotatable bonds is 22. The largest absolute Gasteiger partial charge is 0.481 e. The number of ether oxygens (including phenoxy) is 1. The minimum absolute atomic E-state index is 0.0237. The van der Waals surface area contributed by atoms with Gasteiger partial charge in [-0.1, -0.05) is 31.7 Å². The van der Waals surface area contributed by atoms with Gasteiger partial charge in [0, 0.05) is 30.7 Å². The van der Waals surface area contributed by atoms with E-state index in [1.54, 1.807) is 0 Å². The molecule has 0 saturated carbocycles. The molecule has 1 aliphatic heterocycles. The van der Waals surface area contributed by atoms with E-state index >= 15 is 0 Å². The van der Waals surface area contributed by atoms with Crippen LogP contribution in [-0.2, 0) is 50.7 Å². The van der Waals surface area contributed by atoms with E-state index in [0.29, 0.717) is 0 Å². The predicted molar refractivity (Wildman–Crippen MR) is 188 cm³/mol. The highest BCUT2D eigenvalue weighted by atomic mass is 32.2. The van der Waals surface area contributed by atoms with Crippen molar-refractivity contribution in [2.24, 2.45) is 5.41 Å². The van der Waals surface area contributed by atoms with Crippen LogP contribution in [0.4, 0.5) is 5.82 Å². The van der Waals surface area contributed by atoms with Crippen molar-refractivity contribution in [1.82, 2.24) is 30.2 Å². The van der Waals surface area contributed by atoms with Gasteiger partial charge in [-0.2, -0.15) is 4.31 Å². The van der Waals surface area contributed by atoms with Crippen LogP contribution in [-0.4, -0.2) is 134 Å². The number of nitrogens with zero attached hydrogens (tertiary/aromatic N) is 4. The van der Waals surface area contributed by atoms with E-state index in [9.17, 15) is 63.0 Å². The molecular formula is C26H42N7O18P3S. The monoisotopic (exact) mass is 865 g/mol. The van der Waals surface area contributed by atoms with Crippen molar-refractivity contribution in [1.29, 1.82) is 0 Å². The summed E-state index contributed by atoms with van der Waals surface area (Å²) in [6.07, 6.45) is -6.75. The Labute approximate surface area is 316 Å². The van der Waals surface area contributed by atoms with Crippen LogP contribution >= 0.6 is 35.2 Å². The third kappa shape index (κ3) is 14.0. The lowest BCUT2D eigenvalue weighted by atomic mass is 9.87. The smallest absolute Gasteiger partial charge is 0.386 e. The van der Waals surface area contributed by atoms with Gasteiger partial charge in [-0.15, -0.1) is 6.58 Å². The number of nitrogens with one attached hydrogen (secondary N) is 2. The van der Waals surface area contributed by atoms with Gasteiger partial charge in [0.15, 0.2) is 17.7 Å². The lowest BCUT2D eigenvalue weighted by molar-refractivity contribution is -0.137. The Hall–Kier alpha value is -2.74. The van der Waals surface area contributed by atoms with Gasteiger partial charge in [0.25, 0.3) is 0 Å². The molecule has 2 amide bonds. The van der Waals surface area contributed by atoms with Crippen LogP contribution < -0.4 is 16.4 Å². The second kappa shape index (κ2) is 19.6. The van der Waals surface area contributed by atoms with Gasteiger partial charge < -0.3 is 56.0 Å². The number of aliphatic hydroxyl groups excluding tert-OH is 3. The number of phosphoric acid groups is 3. The highest BCUT2D eigenvalue weighted by Crippen LogP contribution is 2.61. The molecule has 310 valence electrons. The molecule has 2 aromatic heterocycles. The molecule has 11 N–H and O–H groups in total. The number of imidazole rings is 1. The minimum Gasteiger partial charge on any atom is -0.386 e. The van der Waals surface area contributed by atoms with Crippen LogP contribution in [0.1, 0.15) is 32.9 Å². The summed E-state index contributed by atoms with van der Waals surface area (Å²) >= 11 is 0.820. The van der Waals surface area contributed by atoms with Crippen LogP contribution in [0.5, 0.6) is 0 Å². The number of anilines is 1. The summed E-state index contributed by atoms with van der Waals surface area (Å²) in [5, 5.41) is 35.3. The molecule has 4 unspecified atom stereocenters. The lowest BCUT2D eigenvalue weighted by Crippen LogP contribution is -2.46. The van der Waals surface area contributed by atoms with Crippen molar-refractivity contribution in [3.05, 3.63) is 25.3 Å². The first-order chi connectivity index (χ1) is 25.5. The predicted octanol–water partition coefficient (Wildman–Crippen LogP) is -1.40. The van der Waals surface area contributed by atoms with Crippen LogP contribution in [0.25, 0.3) is 11.2 Å². The van der Waals surface area contributed by atoms with Crippen LogP contribution in [0.2, 0.25) is 0 Å². The zero-order chi connectivity index (χ0) is 41.4. The normalized spacial score (nSPS) is 22.3. The lowest BCUT2D eigenvalue weighted by Gasteiger charge is -2.30. The Bertz CT molecular complexity index is 1830. The van der Waals surface area contributed by atoms with Crippen molar-refractivity contribution in [3.8, 4) is 0 Å². The third-order valence-corrected chi connectivity index (χ3v) is 11.5. The Balaban J connectivity index is 1.50. The van der Waals surface area contributed by atoms with Crippen molar-refractivity contribution >= 4 is 69.1 Å². The fourth-order valence-electron chi connectivity index (χ4n) is 4.63. The quantitative estimate of drug-likeness (QED) is 0.0370. The van der Waals surface area contributed by atoms with E-state index in [2.05, 4.69) is 41.0 Å². The minimum atomic E-state index is -5.58. The van der Waals surface area contributed by atoms with Gasteiger partial charge in [-0.3, -0.25) is 32.5 Å². The van der Waals surface area contributed by atoms with Gasteiger partial charge in [0.2, 0.25) is 16.9 Å². The summed E-state index contributed by atoms with van der Waals surface area (Å²) < 4.78 is 61.9. The maximum absolute atomic E-state index is 12.7. The molecule has 55 heavy (non-hydrogen) atoms. The first kappa shape index (κ1) is 46.6. The summed E-state index contributed by atoms with van der Waals surface area (Å²) in [5.74, 6) is -1.38. The fourth-order valence-corrected chi connectivity index (χ4v) is 8.16. The number of hydrogen-bond acceptors (Lipinski definition) is 19. The highest BCUT2D eigenvalue weighted by molar-refractivity contribution is 8.13. The number of phosphoric ester groups is 3. The molecule has 1 saturated heterocycles. The number of hydrogen-bond donors (Lipinski definition) is 10. The molecule has 25 nitrogen and oxygen atoms in total. The molecule has 0 aliphatic carbocycles. The van der Waals surface area contributed by atoms with Gasteiger partial charge in [-0.05, 0) is 6.42 Å². The number of aromatic nitrogens is 4. The van der Waals surface area contributed by atoms with E-state index < -0.39 is 95.8 Å². The van der Waals surface area contributed by atoms with E-state index in [-0.39, 0.29) is 48.7 Å². The van der Waals surface area contributed by atoms with Gasteiger partial charge >= 0.3 is 23.5 Å². The zero-order valence-electron chi connectivity index (χ0n) is 29.1. The van der Waals surface area contributed by atoms with Crippen molar-refractivity contribution in [2.75, 3.05) is 37.8 Å². The van der Waals surface area contributed by atoms with Gasteiger partial charge in [0.05, 0.1) is 19.5 Å². The summed E-state index contributed by atoms with van der Waals surface area (Å²) in [4.78, 5) is 87.1. The molecule has 3 heterocycles. The molecule has 1 fully saturated rings. The molecule has 0 spiro atoms. The number of carbonyl (C=O) groups excluding carboxylic acids is 3. The molecular weight excluding hydrogens is 823 g/mol. The van der Waals surface area contributed by atoms with E-state index in [0.717, 1.165) is 29.0 Å². The summed E-state index contributed by atoms with van der Waals surface area (Å²) in [6, 6.07) is 0. The first-order valence-corrected chi connectivity index (χ1v) is 21.3. The number of nitrogen functional groups attached to an aromatic ring is 1. The Morgan fingerprint density at radius 2 is 1.76 bits per heavy atom. The van der Waals surface area contributed by atoms with Crippen LogP contribution in [0, 0.1) is 5.41 Å². The van der Waals surface area contributed by atoms with Gasteiger partial charge in [0.1, 0.15) is 42.4 Å². The molecule has 3 rings (SSSR count). The van der Waals surface area contributed by atoms with Crippen molar-refractivity contribution in [2.45, 2.75) is 63.4 Å². The van der Waals surface area contributed by atoms with E-state index in [4.69, 9.17) is 19.5 Å². The second-order valence-electron chi connectivity index (χ2n) is 12.3.